The highest BCUT2D eigenvalue weighted by Gasteiger charge is 2.34. The highest BCUT2D eigenvalue weighted by atomic mass is 19.1. The number of hydrogen-bond acceptors (Lipinski definition) is 6. The van der Waals surface area contributed by atoms with Gasteiger partial charge in [-0.2, -0.15) is 0 Å². The number of nitrogens with zero attached hydrogens (tertiary/aromatic N) is 4. The van der Waals surface area contributed by atoms with E-state index in [2.05, 4.69) is 4.98 Å². The van der Waals surface area contributed by atoms with Gasteiger partial charge in [0.2, 0.25) is 0 Å². The van der Waals surface area contributed by atoms with Gasteiger partial charge in [-0.1, -0.05) is 12.1 Å². The van der Waals surface area contributed by atoms with Gasteiger partial charge in [0, 0.05) is 63.0 Å². The summed E-state index contributed by atoms with van der Waals surface area (Å²) in [5.41, 5.74) is 3.17. The number of carbonyl (C=O) groups excluding carboxylic acids is 3. The lowest BCUT2D eigenvalue weighted by Crippen LogP contribution is -2.50. The van der Waals surface area contributed by atoms with Gasteiger partial charge in [0.05, 0.1) is 0 Å². The summed E-state index contributed by atoms with van der Waals surface area (Å²) in [6.07, 6.45) is 1.11. The number of imide groups is 1. The lowest BCUT2D eigenvalue weighted by molar-refractivity contribution is -0.174. The van der Waals surface area contributed by atoms with E-state index in [0.29, 0.717) is 43.4 Å². The van der Waals surface area contributed by atoms with Crippen LogP contribution in [0, 0.1) is 12.7 Å². The molecule has 8 nitrogen and oxygen atoms in total. The van der Waals surface area contributed by atoms with Crippen molar-refractivity contribution >= 4 is 17.9 Å². The summed E-state index contributed by atoms with van der Waals surface area (Å²) < 4.78 is 14.7. The number of carbonyl (C=O) groups is 3. The van der Waals surface area contributed by atoms with Crippen molar-refractivity contribution in [2.45, 2.75) is 26.3 Å². The number of aromatic nitrogens is 1. The van der Waals surface area contributed by atoms with Crippen LogP contribution in [0.1, 0.15) is 24.1 Å². The van der Waals surface area contributed by atoms with Crippen LogP contribution in [0.2, 0.25) is 0 Å². The van der Waals surface area contributed by atoms with Gasteiger partial charge >= 0.3 is 6.09 Å². The summed E-state index contributed by atoms with van der Waals surface area (Å²) in [7, 11) is 0. The van der Waals surface area contributed by atoms with E-state index < -0.39 is 17.9 Å². The number of piperazine rings is 1. The van der Waals surface area contributed by atoms with Crippen molar-refractivity contribution in [2.75, 3.05) is 26.2 Å². The molecule has 2 fully saturated rings. The molecule has 3 amide bonds. The molecule has 162 valence electrons. The molecule has 0 spiro atoms. The van der Waals surface area contributed by atoms with Crippen LogP contribution < -0.4 is 0 Å². The Bertz CT molecular complexity index is 1000. The summed E-state index contributed by atoms with van der Waals surface area (Å²) in [6.45, 7) is 4.11. The second-order valence-corrected chi connectivity index (χ2v) is 7.69. The average Bonchev–Trinajstić information content (AvgIpc) is 3.07. The standard InChI is InChI=1S/C22H23FN4O4/c1-15-12-17(6-7-24-15)16-2-3-18(19(23)13-16)14-25-8-10-26(11-9-25)22(30)31-27-20(28)4-5-21(27)29/h2-3,6-7,12-13H,4-5,8-11,14H2,1H3. The zero-order valence-electron chi connectivity index (χ0n) is 17.2. The third-order valence-corrected chi connectivity index (χ3v) is 5.48. The zero-order chi connectivity index (χ0) is 22.0. The highest BCUT2D eigenvalue weighted by molar-refractivity contribution is 6.01. The lowest BCUT2D eigenvalue weighted by atomic mass is 10.0. The van der Waals surface area contributed by atoms with Gasteiger partial charge in [-0.3, -0.25) is 19.5 Å². The molecule has 0 saturated carbocycles. The summed E-state index contributed by atoms with van der Waals surface area (Å²) in [6, 6.07) is 8.97. The molecule has 0 N–H and O–H groups in total. The fraction of sp³-hybridized carbons (Fsp3) is 0.364. The number of rotatable bonds is 4. The van der Waals surface area contributed by atoms with Crippen molar-refractivity contribution < 1.29 is 23.6 Å². The van der Waals surface area contributed by atoms with Gasteiger partial charge in [-0.25, -0.2) is 9.18 Å². The number of pyridine rings is 1. The Balaban J connectivity index is 1.32. The molecule has 2 aliphatic rings. The molecule has 0 radical (unpaired) electrons. The van der Waals surface area contributed by atoms with Gasteiger partial charge in [-0.05, 0) is 36.2 Å². The molecule has 31 heavy (non-hydrogen) atoms. The van der Waals surface area contributed by atoms with E-state index >= 15 is 0 Å². The number of amides is 3. The molecular weight excluding hydrogens is 403 g/mol. The Morgan fingerprint density at radius 3 is 2.35 bits per heavy atom. The minimum atomic E-state index is -0.716. The molecule has 2 aliphatic heterocycles. The third-order valence-electron chi connectivity index (χ3n) is 5.48. The number of aryl methyl sites for hydroxylation is 1. The maximum absolute atomic E-state index is 14.7. The maximum Gasteiger partial charge on any atom is 0.434 e. The predicted octanol–water partition coefficient (Wildman–Crippen LogP) is 2.51. The number of benzene rings is 1. The van der Waals surface area contributed by atoms with E-state index in [0.717, 1.165) is 16.8 Å². The topological polar surface area (TPSA) is 83.0 Å². The van der Waals surface area contributed by atoms with Gasteiger partial charge in [0.1, 0.15) is 5.82 Å². The van der Waals surface area contributed by atoms with Crippen LogP contribution in [0.3, 0.4) is 0 Å². The van der Waals surface area contributed by atoms with Crippen LogP contribution in [0.5, 0.6) is 0 Å². The Labute approximate surface area is 179 Å². The van der Waals surface area contributed by atoms with Crippen molar-refractivity contribution in [2.24, 2.45) is 0 Å². The minimum Gasteiger partial charge on any atom is -0.311 e. The molecule has 0 bridgehead atoms. The SMILES string of the molecule is Cc1cc(-c2ccc(CN3CCN(C(=O)ON4C(=O)CCC4=O)CC3)c(F)c2)ccn1. The minimum absolute atomic E-state index is 0.0605. The van der Waals surface area contributed by atoms with Crippen molar-refractivity contribution in [3.05, 3.63) is 53.6 Å². The van der Waals surface area contributed by atoms with Gasteiger partial charge in [-0.15, -0.1) is 5.06 Å². The summed E-state index contributed by atoms with van der Waals surface area (Å²) in [5.74, 6) is -1.28. The fourth-order valence-electron chi connectivity index (χ4n) is 3.70. The van der Waals surface area contributed by atoms with Crippen LogP contribution in [0.15, 0.2) is 36.5 Å². The molecule has 3 heterocycles. The van der Waals surface area contributed by atoms with Crippen LogP contribution in [0.4, 0.5) is 9.18 Å². The number of hydroxylamine groups is 2. The molecule has 0 atom stereocenters. The predicted molar refractivity (Wildman–Crippen MR) is 109 cm³/mol. The van der Waals surface area contributed by atoms with E-state index in [4.69, 9.17) is 4.84 Å². The average molecular weight is 426 g/mol. The van der Waals surface area contributed by atoms with Gasteiger partial charge < -0.3 is 9.74 Å². The van der Waals surface area contributed by atoms with Crippen molar-refractivity contribution in [3.63, 3.8) is 0 Å². The Hall–Kier alpha value is -3.33. The van der Waals surface area contributed by atoms with E-state index in [9.17, 15) is 18.8 Å². The Morgan fingerprint density at radius 2 is 1.71 bits per heavy atom. The van der Waals surface area contributed by atoms with E-state index in [-0.39, 0.29) is 18.7 Å². The monoisotopic (exact) mass is 426 g/mol. The largest absolute Gasteiger partial charge is 0.434 e. The molecule has 2 aromatic rings. The molecule has 1 aromatic heterocycles. The first-order valence-electron chi connectivity index (χ1n) is 10.2. The third kappa shape index (κ3) is 4.72. The van der Waals surface area contributed by atoms with Crippen LogP contribution in [-0.2, 0) is 21.0 Å². The van der Waals surface area contributed by atoms with Crippen molar-refractivity contribution in [1.29, 1.82) is 0 Å². The molecular formula is C22H23FN4O4. The highest BCUT2D eigenvalue weighted by Crippen LogP contribution is 2.23. The summed E-state index contributed by atoms with van der Waals surface area (Å²) >= 11 is 0. The lowest BCUT2D eigenvalue weighted by Gasteiger charge is -2.34. The first kappa shape index (κ1) is 20.9. The molecule has 4 rings (SSSR count). The fourth-order valence-corrected chi connectivity index (χ4v) is 3.70. The van der Waals surface area contributed by atoms with Gasteiger partial charge in [0.15, 0.2) is 0 Å². The first-order chi connectivity index (χ1) is 14.9. The number of halogens is 1. The second kappa shape index (κ2) is 8.81. The normalized spacial score (nSPS) is 17.4. The second-order valence-electron chi connectivity index (χ2n) is 7.69. The maximum atomic E-state index is 14.7. The van der Waals surface area contributed by atoms with Crippen LogP contribution in [0.25, 0.3) is 11.1 Å². The van der Waals surface area contributed by atoms with Crippen LogP contribution in [-0.4, -0.2) is 63.9 Å². The van der Waals surface area contributed by atoms with Crippen LogP contribution >= 0.6 is 0 Å². The van der Waals surface area contributed by atoms with Gasteiger partial charge in [0.25, 0.3) is 11.8 Å². The molecule has 1 aromatic carbocycles. The van der Waals surface area contributed by atoms with Crippen molar-refractivity contribution in [1.82, 2.24) is 19.8 Å². The summed E-state index contributed by atoms with van der Waals surface area (Å²) in [4.78, 5) is 48.0. The molecule has 2 saturated heterocycles. The molecule has 0 unspecified atom stereocenters. The van der Waals surface area contributed by atoms with E-state index in [1.54, 1.807) is 12.3 Å². The molecule has 0 aliphatic carbocycles. The zero-order valence-corrected chi connectivity index (χ0v) is 17.2. The Morgan fingerprint density at radius 1 is 1.03 bits per heavy atom. The smallest absolute Gasteiger partial charge is 0.311 e. The molecule has 9 heteroatoms. The number of hydrogen-bond donors (Lipinski definition) is 0. The summed E-state index contributed by atoms with van der Waals surface area (Å²) in [5, 5.41) is 0.552. The quantitative estimate of drug-likeness (QED) is 0.699. The Kier molecular flexibility index (Phi) is 5.94. The van der Waals surface area contributed by atoms with E-state index in [1.165, 1.54) is 11.0 Å². The first-order valence-corrected chi connectivity index (χ1v) is 10.2. The van der Waals surface area contributed by atoms with E-state index in [1.807, 2.05) is 30.0 Å². The van der Waals surface area contributed by atoms with Crippen molar-refractivity contribution in [3.8, 4) is 11.1 Å².